The summed E-state index contributed by atoms with van der Waals surface area (Å²) < 4.78 is 56.9. The molecule has 2 rings (SSSR count). The minimum Gasteiger partial charge on any atom is -0.475 e. The van der Waals surface area contributed by atoms with E-state index in [1.807, 2.05) is 0 Å². The van der Waals surface area contributed by atoms with E-state index in [-0.39, 0.29) is 11.3 Å². The van der Waals surface area contributed by atoms with E-state index >= 15 is 0 Å². The van der Waals surface area contributed by atoms with Crippen molar-refractivity contribution in [1.29, 1.82) is 0 Å². The summed E-state index contributed by atoms with van der Waals surface area (Å²) in [5, 5.41) is 8.22. The highest BCUT2D eigenvalue weighted by molar-refractivity contribution is 6.31. The molecule has 1 unspecified atom stereocenters. The highest BCUT2D eigenvalue weighted by Gasteiger charge is 2.39. The van der Waals surface area contributed by atoms with E-state index in [2.05, 4.69) is 9.84 Å². The zero-order valence-corrected chi connectivity index (χ0v) is 13.1. The fraction of sp³-hybridized carbons (Fsp3) is 0.214. The summed E-state index contributed by atoms with van der Waals surface area (Å²) in [5.41, 5.74) is -2.58. The van der Waals surface area contributed by atoms with Gasteiger partial charge in [-0.3, -0.25) is 4.79 Å². The Morgan fingerprint density at radius 2 is 1.92 bits per heavy atom. The number of carbonyl (C=O) groups is 1. The molecule has 134 valence electrons. The molecule has 11 heteroatoms. The monoisotopic (exact) mass is 380 g/mol. The van der Waals surface area contributed by atoms with Gasteiger partial charge in [0, 0.05) is 11.6 Å². The Balaban J connectivity index is 2.53. The van der Waals surface area contributed by atoms with Gasteiger partial charge in [-0.1, -0.05) is 6.07 Å². The van der Waals surface area contributed by atoms with Crippen LogP contribution in [-0.4, -0.2) is 26.2 Å². The number of aliphatic carboxylic acids is 1. The van der Waals surface area contributed by atoms with E-state index < -0.39 is 34.5 Å². The number of ether oxygens (including phenoxy) is 1. The Labute approximate surface area is 142 Å². The molecule has 0 aliphatic heterocycles. The van der Waals surface area contributed by atoms with Crippen LogP contribution in [0, 0.1) is 6.92 Å². The first-order chi connectivity index (χ1) is 11.4. The van der Waals surface area contributed by atoms with Gasteiger partial charge in [0.05, 0.1) is 5.69 Å². The molecule has 1 aromatic heterocycles. The van der Waals surface area contributed by atoms with Gasteiger partial charge in [0.25, 0.3) is 5.56 Å². The van der Waals surface area contributed by atoms with Gasteiger partial charge in [-0.2, -0.15) is 27.3 Å². The van der Waals surface area contributed by atoms with Gasteiger partial charge in [0.15, 0.2) is 5.69 Å². The van der Waals surface area contributed by atoms with E-state index in [9.17, 15) is 27.2 Å². The lowest BCUT2D eigenvalue weighted by atomic mass is 10.2. The second-order valence-corrected chi connectivity index (χ2v) is 5.33. The molecule has 0 aliphatic rings. The second-order valence-electron chi connectivity index (χ2n) is 4.85. The topological polar surface area (TPSA) is 81.4 Å². The summed E-state index contributed by atoms with van der Waals surface area (Å²) >= 11 is 5.02. The first-order valence-electron chi connectivity index (χ1n) is 6.50. The first-order valence-corrected chi connectivity index (χ1v) is 6.88. The summed E-state index contributed by atoms with van der Waals surface area (Å²) in [7, 11) is 0. The van der Waals surface area contributed by atoms with Crippen molar-refractivity contribution in [2.75, 3.05) is 0 Å². The average molecular weight is 381 g/mol. The molecule has 2 aromatic rings. The fourth-order valence-electron chi connectivity index (χ4n) is 1.80. The second kappa shape index (κ2) is 6.36. The van der Waals surface area contributed by atoms with Crippen LogP contribution >= 0.6 is 11.6 Å². The molecule has 0 fully saturated rings. The third kappa shape index (κ3) is 4.08. The molecule has 1 aromatic carbocycles. The zero-order chi connectivity index (χ0) is 19.0. The van der Waals surface area contributed by atoms with Crippen molar-refractivity contribution in [3.63, 3.8) is 0 Å². The van der Waals surface area contributed by atoms with Crippen molar-refractivity contribution in [2.45, 2.75) is 18.4 Å². The Morgan fingerprint density at radius 1 is 1.28 bits per heavy atom. The summed E-state index contributed by atoms with van der Waals surface area (Å²) in [6, 6.07) is 5.02. The van der Waals surface area contributed by atoms with Crippen LogP contribution in [0.25, 0.3) is 5.69 Å². The summed E-state index contributed by atoms with van der Waals surface area (Å²) in [6.45, 7) is 1.17. The number of hydrogen-bond donors (Lipinski definition) is 1. The Bertz CT molecular complexity index is 880. The number of carboxylic acid groups (broad SMARTS) is 1. The molecule has 0 saturated carbocycles. The molecule has 1 atom stereocenters. The standard InChI is InChI=1S/C14H9ClF4N2O4/c1-7-5-10(14(17,18)19)20-21(11(7)22)8-3-2-4-9(6-8)25-13(15,16)12(23)24/h2-6H,1H3,(H,23,24). The molecular weight excluding hydrogens is 372 g/mol. The predicted molar refractivity (Wildman–Crippen MR) is 77.5 cm³/mol. The van der Waals surface area contributed by atoms with Crippen molar-refractivity contribution >= 4 is 17.6 Å². The van der Waals surface area contributed by atoms with Crippen LogP contribution in [0.2, 0.25) is 0 Å². The van der Waals surface area contributed by atoms with Crippen LogP contribution in [0.15, 0.2) is 35.1 Å². The largest absolute Gasteiger partial charge is 0.475 e. The van der Waals surface area contributed by atoms with E-state index in [1.54, 1.807) is 0 Å². The Morgan fingerprint density at radius 3 is 2.48 bits per heavy atom. The molecule has 0 amide bonds. The molecule has 6 nitrogen and oxygen atoms in total. The summed E-state index contributed by atoms with van der Waals surface area (Å²) in [4.78, 5) is 22.7. The Kier molecular flexibility index (Phi) is 4.76. The molecule has 1 N–H and O–H groups in total. The highest BCUT2D eigenvalue weighted by atomic mass is 35.5. The minimum absolute atomic E-state index is 0.199. The maximum atomic E-state index is 13.5. The van der Waals surface area contributed by atoms with Gasteiger partial charge < -0.3 is 9.84 Å². The van der Waals surface area contributed by atoms with E-state index in [0.29, 0.717) is 10.7 Å². The SMILES string of the molecule is Cc1cc(C(F)(F)F)nn(-c2cccc(OC(F)(Cl)C(=O)O)c2)c1=O. The normalized spacial score (nSPS) is 14.0. The van der Waals surface area contributed by atoms with Crippen molar-refractivity contribution in [3.8, 4) is 11.4 Å². The molecule has 1 heterocycles. The number of benzene rings is 1. The van der Waals surface area contributed by atoms with Crippen LogP contribution < -0.4 is 10.3 Å². The summed E-state index contributed by atoms with van der Waals surface area (Å²) in [6.07, 6.45) is -4.79. The number of carboxylic acids is 1. The van der Waals surface area contributed by atoms with Crippen molar-refractivity contribution in [3.05, 3.63) is 51.9 Å². The lowest BCUT2D eigenvalue weighted by Gasteiger charge is -2.16. The van der Waals surface area contributed by atoms with Gasteiger partial charge in [-0.05, 0) is 36.7 Å². The van der Waals surface area contributed by atoms with Gasteiger partial charge in [0.2, 0.25) is 0 Å². The van der Waals surface area contributed by atoms with Gasteiger partial charge >= 0.3 is 17.5 Å². The maximum absolute atomic E-state index is 13.5. The molecular formula is C14H9ClF4N2O4. The smallest absolute Gasteiger partial charge is 0.435 e. The molecule has 0 aliphatic carbocycles. The number of nitrogens with zero attached hydrogens (tertiary/aromatic N) is 2. The number of hydrogen-bond acceptors (Lipinski definition) is 4. The van der Waals surface area contributed by atoms with Crippen LogP contribution in [0.4, 0.5) is 17.6 Å². The van der Waals surface area contributed by atoms with Crippen molar-refractivity contribution in [2.24, 2.45) is 0 Å². The van der Waals surface area contributed by atoms with Crippen molar-refractivity contribution < 1.29 is 32.2 Å². The molecule has 0 radical (unpaired) electrons. The third-order valence-electron chi connectivity index (χ3n) is 2.94. The number of rotatable bonds is 4. The van der Waals surface area contributed by atoms with Gasteiger partial charge in [-0.25, -0.2) is 4.79 Å². The maximum Gasteiger partial charge on any atom is 0.435 e. The van der Waals surface area contributed by atoms with E-state index in [0.717, 1.165) is 12.1 Å². The molecule has 0 saturated heterocycles. The summed E-state index contributed by atoms with van der Waals surface area (Å²) in [5.74, 6) is -2.55. The van der Waals surface area contributed by atoms with Gasteiger partial charge in [-0.15, -0.1) is 0 Å². The quantitative estimate of drug-likeness (QED) is 0.651. The number of aryl methyl sites for hydroxylation is 1. The van der Waals surface area contributed by atoms with Crippen LogP contribution in [0.3, 0.4) is 0 Å². The fourth-order valence-corrected chi connectivity index (χ4v) is 1.89. The third-order valence-corrected chi connectivity index (χ3v) is 3.18. The minimum atomic E-state index is -4.79. The highest BCUT2D eigenvalue weighted by Crippen LogP contribution is 2.28. The average Bonchev–Trinajstić information content (AvgIpc) is 2.48. The lowest BCUT2D eigenvalue weighted by Crippen LogP contribution is -2.33. The van der Waals surface area contributed by atoms with Crippen LogP contribution in [0.1, 0.15) is 11.3 Å². The first kappa shape index (κ1) is 18.7. The lowest BCUT2D eigenvalue weighted by molar-refractivity contribution is -0.159. The number of alkyl halides is 5. The zero-order valence-electron chi connectivity index (χ0n) is 12.3. The molecule has 0 spiro atoms. The van der Waals surface area contributed by atoms with Gasteiger partial charge in [0.1, 0.15) is 5.75 Å². The van der Waals surface area contributed by atoms with Crippen LogP contribution in [-0.2, 0) is 11.0 Å². The Hall–Kier alpha value is -2.62. The number of aromatic nitrogens is 2. The van der Waals surface area contributed by atoms with Crippen molar-refractivity contribution in [1.82, 2.24) is 9.78 Å². The van der Waals surface area contributed by atoms with E-state index in [4.69, 9.17) is 16.7 Å². The predicted octanol–water partition coefficient (Wildman–Crippen LogP) is 2.89. The molecule has 0 bridgehead atoms. The molecule has 25 heavy (non-hydrogen) atoms. The number of halogens is 5. The van der Waals surface area contributed by atoms with E-state index in [1.165, 1.54) is 19.1 Å². The van der Waals surface area contributed by atoms with Crippen LogP contribution in [0.5, 0.6) is 5.75 Å².